The monoisotopic (exact) mass is 412 g/mol. The number of carbonyl (C=O) groups excluding carboxylic acids is 2. The third-order valence-corrected chi connectivity index (χ3v) is 4.88. The van der Waals surface area contributed by atoms with E-state index in [9.17, 15) is 14.7 Å². The van der Waals surface area contributed by atoms with Crippen LogP contribution >= 0.6 is 0 Å². The lowest BCUT2D eigenvalue weighted by atomic mass is 9.92. The molecule has 0 saturated carbocycles. The van der Waals surface area contributed by atoms with Crippen LogP contribution in [-0.4, -0.2) is 23.5 Å². The van der Waals surface area contributed by atoms with Gasteiger partial charge in [0.05, 0.1) is 12.2 Å². The molecule has 1 aromatic rings. The number of benzene rings is 1. The van der Waals surface area contributed by atoms with Crippen LogP contribution in [0.15, 0.2) is 59.2 Å². The molecular weight excluding hydrogens is 376 g/mol. The van der Waals surface area contributed by atoms with Crippen LogP contribution in [0, 0.1) is 5.92 Å². The fourth-order valence-corrected chi connectivity index (χ4v) is 3.08. The van der Waals surface area contributed by atoms with E-state index in [4.69, 9.17) is 4.74 Å². The van der Waals surface area contributed by atoms with Gasteiger partial charge in [0, 0.05) is 0 Å². The normalized spacial score (nSPS) is 13.0. The first-order valence-corrected chi connectivity index (χ1v) is 10.7. The second-order valence-corrected chi connectivity index (χ2v) is 7.88. The molecule has 0 fully saturated rings. The van der Waals surface area contributed by atoms with E-state index in [-0.39, 0.29) is 24.3 Å². The molecule has 0 radical (unpaired) electrons. The van der Waals surface area contributed by atoms with Gasteiger partial charge in [-0.3, -0.25) is 9.59 Å². The minimum Gasteiger partial charge on any atom is -0.507 e. The highest BCUT2D eigenvalue weighted by atomic mass is 16.5. The molecule has 30 heavy (non-hydrogen) atoms. The van der Waals surface area contributed by atoms with E-state index in [0.29, 0.717) is 0 Å². The predicted octanol–water partition coefficient (Wildman–Crippen LogP) is 6.56. The van der Waals surface area contributed by atoms with Crippen molar-refractivity contribution in [3.63, 3.8) is 0 Å². The van der Waals surface area contributed by atoms with Crippen LogP contribution in [0.1, 0.15) is 77.1 Å². The lowest BCUT2D eigenvalue weighted by Crippen LogP contribution is -2.26. The standard InChI is InChI=1S/C26H36O4/c1-6-30-26(29)23(25(28)22-15-7-8-16-24(22)27)18-17-21(5)14-10-13-20(4)12-9-11-19(2)3/h7-8,11,13,15-17,23,27H,6,9-10,12,14,18H2,1-5H3/b20-13+,21-17+. The lowest BCUT2D eigenvalue weighted by Gasteiger charge is -2.14. The largest absolute Gasteiger partial charge is 0.507 e. The Hall–Kier alpha value is -2.62. The number of hydrogen-bond acceptors (Lipinski definition) is 4. The topological polar surface area (TPSA) is 63.6 Å². The highest BCUT2D eigenvalue weighted by molar-refractivity contribution is 6.10. The first-order valence-electron chi connectivity index (χ1n) is 10.7. The van der Waals surface area contributed by atoms with Gasteiger partial charge in [-0.25, -0.2) is 0 Å². The quantitative estimate of drug-likeness (QED) is 0.183. The number of carbonyl (C=O) groups is 2. The van der Waals surface area contributed by atoms with Gasteiger partial charge in [0.1, 0.15) is 11.7 Å². The number of rotatable bonds is 12. The summed E-state index contributed by atoms with van der Waals surface area (Å²) < 4.78 is 5.10. The van der Waals surface area contributed by atoms with Gasteiger partial charge >= 0.3 is 5.97 Å². The molecule has 0 bridgehead atoms. The number of phenols is 1. The molecule has 4 nitrogen and oxygen atoms in total. The molecule has 4 heteroatoms. The molecule has 1 atom stereocenters. The summed E-state index contributed by atoms with van der Waals surface area (Å²) >= 11 is 0. The van der Waals surface area contributed by atoms with Gasteiger partial charge in [-0.1, -0.05) is 47.1 Å². The number of aromatic hydroxyl groups is 1. The summed E-state index contributed by atoms with van der Waals surface area (Å²) in [6.07, 6.45) is 10.6. The molecule has 164 valence electrons. The zero-order valence-corrected chi connectivity index (χ0v) is 19.0. The molecular formula is C26H36O4. The van der Waals surface area contributed by atoms with E-state index in [0.717, 1.165) is 31.3 Å². The molecule has 0 aliphatic carbocycles. The van der Waals surface area contributed by atoms with Crippen LogP contribution in [0.2, 0.25) is 0 Å². The van der Waals surface area contributed by atoms with E-state index >= 15 is 0 Å². The van der Waals surface area contributed by atoms with Gasteiger partial charge in [0.25, 0.3) is 0 Å². The average Bonchev–Trinajstić information content (AvgIpc) is 2.68. The number of allylic oxidation sites excluding steroid dienone is 6. The second-order valence-electron chi connectivity index (χ2n) is 7.88. The molecule has 0 saturated heterocycles. The minimum absolute atomic E-state index is 0.119. The first kappa shape index (κ1) is 25.4. The highest BCUT2D eigenvalue weighted by Crippen LogP contribution is 2.23. The van der Waals surface area contributed by atoms with Crippen molar-refractivity contribution < 1.29 is 19.4 Å². The Morgan fingerprint density at radius 2 is 1.57 bits per heavy atom. The molecule has 0 amide bonds. The SMILES string of the molecule is CCOC(=O)C(C/C=C(\C)CC/C=C(\C)CCC=C(C)C)C(=O)c1ccccc1O. The summed E-state index contributed by atoms with van der Waals surface area (Å²) in [7, 11) is 0. The summed E-state index contributed by atoms with van der Waals surface area (Å²) in [5, 5.41) is 9.98. The van der Waals surface area contributed by atoms with E-state index in [1.165, 1.54) is 23.3 Å². The van der Waals surface area contributed by atoms with Crippen molar-refractivity contribution >= 4 is 11.8 Å². The number of ether oxygens (including phenoxy) is 1. The fraction of sp³-hybridized carbons (Fsp3) is 0.462. The van der Waals surface area contributed by atoms with Crippen LogP contribution in [0.25, 0.3) is 0 Å². The van der Waals surface area contributed by atoms with Crippen molar-refractivity contribution in [2.24, 2.45) is 5.92 Å². The highest BCUT2D eigenvalue weighted by Gasteiger charge is 2.29. The summed E-state index contributed by atoms with van der Waals surface area (Å²) in [6, 6.07) is 6.29. The maximum Gasteiger partial charge on any atom is 0.317 e. The Kier molecular flexibility index (Phi) is 11.5. The number of ketones is 1. The zero-order valence-electron chi connectivity index (χ0n) is 19.0. The van der Waals surface area contributed by atoms with Gasteiger partial charge < -0.3 is 9.84 Å². The van der Waals surface area contributed by atoms with E-state index in [1.807, 2.05) is 13.0 Å². The Morgan fingerprint density at radius 1 is 0.967 bits per heavy atom. The number of Topliss-reactive ketones (excluding diaryl/α,β-unsaturated/α-hetero) is 1. The van der Waals surface area contributed by atoms with Gasteiger partial charge in [-0.2, -0.15) is 0 Å². The van der Waals surface area contributed by atoms with Crippen molar-refractivity contribution in [1.29, 1.82) is 0 Å². The lowest BCUT2D eigenvalue weighted by molar-refractivity contribution is -0.146. The van der Waals surface area contributed by atoms with Crippen molar-refractivity contribution in [2.45, 2.75) is 66.7 Å². The van der Waals surface area contributed by atoms with Crippen molar-refractivity contribution in [1.82, 2.24) is 0 Å². The molecule has 1 aromatic carbocycles. The van der Waals surface area contributed by atoms with Crippen LogP contribution in [0.4, 0.5) is 0 Å². The van der Waals surface area contributed by atoms with Crippen molar-refractivity contribution in [3.8, 4) is 5.75 Å². The first-order chi connectivity index (χ1) is 14.3. The predicted molar refractivity (Wildman–Crippen MR) is 123 cm³/mol. The third-order valence-electron chi connectivity index (χ3n) is 4.88. The zero-order chi connectivity index (χ0) is 22.5. The summed E-state index contributed by atoms with van der Waals surface area (Å²) in [5.41, 5.74) is 4.00. The molecule has 0 aliphatic heterocycles. The van der Waals surface area contributed by atoms with Crippen LogP contribution in [-0.2, 0) is 9.53 Å². The second kappa shape index (κ2) is 13.6. The van der Waals surface area contributed by atoms with Gasteiger partial charge in [0.15, 0.2) is 5.78 Å². The molecule has 1 N–H and O–H groups in total. The van der Waals surface area contributed by atoms with Crippen LogP contribution in [0.3, 0.4) is 0 Å². The van der Waals surface area contributed by atoms with Crippen molar-refractivity contribution in [2.75, 3.05) is 6.61 Å². The molecule has 0 heterocycles. The number of hydrogen-bond donors (Lipinski definition) is 1. The van der Waals surface area contributed by atoms with Gasteiger partial charge in [-0.05, 0) is 78.9 Å². The van der Waals surface area contributed by atoms with Gasteiger partial charge in [-0.15, -0.1) is 0 Å². The van der Waals surface area contributed by atoms with Crippen LogP contribution in [0.5, 0.6) is 5.75 Å². The molecule has 0 spiro atoms. The number of para-hydroxylation sites is 1. The average molecular weight is 413 g/mol. The maximum absolute atomic E-state index is 12.8. The molecule has 0 aliphatic rings. The Balaban J connectivity index is 2.74. The maximum atomic E-state index is 12.8. The van der Waals surface area contributed by atoms with Crippen LogP contribution < -0.4 is 0 Å². The third kappa shape index (κ3) is 9.25. The Morgan fingerprint density at radius 3 is 2.17 bits per heavy atom. The minimum atomic E-state index is -0.949. The molecule has 1 rings (SSSR count). The Labute approximate surface area is 181 Å². The summed E-state index contributed by atoms with van der Waals surface area (Å²) in [5.74, 6) is -2.03. The van der Waals surface area contributed by atoms with E-state index in [1.54, 1.807) is 19.1 Å². The number of esters is 1. The molecule has 0 aromatic heterocycles. The van der Waals surface area contributed by atoms with Gasteiger partial charge in [0.2, 0.25) is 0 Å². The van der Waals surface area contributed by atoms with E-state index < -0.39 is 17.7 Å². The number of phenolic OH excluding ortho intramolecular Hbond substituents is 1. The Bertz CT molecular complexity index is 795. The summed E-state index contributed by atoms with van der Waals surface area (Å²) in [6.45, 7) is 10.3. The summed E-state index contributed by atoms with van der Waals surface area (Å²) in [4.78, 5) is 25.2. The molecule has 1 unspecified atom stereocenters. The van der Waals surface area contributed by atoms with E-state index in [2.05, 4.69) is 32.9 Å². The van der Waals surface area contributed by atoms with Crippen molar-refractivity contribution in [3.05, 3.63) is 64.8 Å². The fourth-order valence-electron chi connectivity index (χ4n) is 3.08. The smallest absolute Gasteiger partial charge is 0.317 e.